The van der Waals surface area contributed by atoms with Crippen LogP contribution in [0.5, 0.6) is 0 Å². The average molecular weight is 264 g/mol. The standard InChI is InChI=1S/C15H18ClNO/c16-14-7-3-5-13(11-14)6-4-10-17-15(12-18)8-1-2-9-15/h3,5,7,11,17-18H,1-2,8-10,12H2. The number of hydrogen-bond donors (Lipinski definition) is 2. The van der Waals surface area contributed by atoms with E-state index in [2.05, 4.69) is 17.2 Å². The molecule has 0 saturated heterocycles. The van der Waals surface area contributed by atoms with Crippen molar-refractivity contribution in [3.63, 3.8) is 0 Å². The molecule has 1 fully saturated rings. The van der Waals surface area contributed by atoms with E-state index < -0.39 is 0 Å². The molecule has 2 rings (SSSR count). The van der Waals surface area contributed by atoms with E-state index in [9.17, 15) is 5.11 Å². The van der Waals surface area contributed by atoms with Gasteiger partial charge in [0.2, 0.25) is 0 Å². The summed E-state index contributed by atoms with van der Waals surface area (Å²) in [5.41, 5.74) is 0.831. The minimum atomic E-state index is -0.0942. The molecule has 0 unspecified atom stereocenters. The monoisotopic (exact) mass is 263 g/mol. The van der Waals surface area contributed by atoms with Crippen LogP contribution in [0.25, 0.3) is 0 Å². The van der Waals surface area contributed by atoms with Crippen molar-refractivity contribution in [2.75, 3.05) is 13.2 Å². The van der Waals surface area contributed by atoms with Crippen LogP contribution < -0.4 is 5.32 Å². The third kappa shape index (κ3) is 3.49. The Balaban J connectivity index is 1.89. The Kier molecular flexibility index (Phi) is 4.66. The number of hydrogen-bond acceptors (Lipinski definition) is 2. The molecule has 1 aromatic carbocycles. The second-order valence-corrected chi connectivity index (χ2v) is 5.25. The molecule has 2 N–H and O–H groups in total. The Labute approximate surface area is 113 Å². The summed E-state index contributed by atoms with van der Waals surface area (Å²) in [5.74, 6) is 6.16. The van der Waals surface area contributed by atoms with Crippen molar-refractivity contribution in [1.29, 1.82) is 0 Å². The van der Waals surface area contributed by atoms with Gasteiger partial charge in [0.25, 0.3) is 0 Å². The smallest absolute Gasteiger partial charge is 0.0613 e. The van der Waals surface area contributed by atoms with E-state index in [4.69, 9.17) is 11.6 Å². The Morgan fingerprint density at radius 1 is 1.33 bits per heavy atom. The third-order valence-electron chi connectivity index (χ3n) is 3.47. The molecule has 1 aliphatic carbocycles. The molecular weight excluding hydrogens is 246 g/mol. The summed E-state index contributed by atoms with van der Waals surface area (Å²) in [6.07, 6.45) is 4.47. The van der Waals surface area contributed by atoms with Crippen molar-refractivity contribution in [1.82, 2.24) is 5.32 Å². The van der Waals surface area contributed by atoms with E-state index in [1.165, 1.54) is 12.8 Å². The predicted molar refractivity (Wildman–Crippen MR) is 74.6 cm³/mol. The van der Waals surface area contributed by atoms with Crippen LogP contribution in [-0.4, -0.2) is 23.8 Å². The van der Waals surface area contributed by atoms with E-state index in [-0.39, 0.29) is 12.1 Å². The van der Waals surface area contributed by atoms with E-state index in [1.807, 2.05) is 24.3 Å². The average Bonchev–Trinajstić information content (AvgIpc) is 2.84. The number of halogens is 1. The van der Waals surface area contributed by atoms with Crippen molar-refractivity contribution in [3.05, 3.63) is 34.9 Å². The normalized spacial score (nSPS) is 17.2. The highest BCUT2D eigenvalue weighted by atomic mass is 35.5. The third-order valence-corrected chi connectivity index (χ3v) is 3.71. The lowest BCUT2D eigenvalue weighted by atomic mass is 9.99. The molecule has 1 saturated carbocycles. The van der Waals surface area contributed by atoms with Gasteiger partial charge in [-0.2, -0.15) is 0 Å². The van der Waals surface area contributed by atoms with Gasteiger partial charge in [0.05, 0.1) is 13.2 Å². The molecule has 2 nitrogen and oxygen atoms in total. The first-order chi connectivity index (χ1) is 8.74. The second kappa shape index (κ2) is 6.24. The first-order valence-electron chi connectivity index (χ1n) is 6.34. The van der Waals surface area contributed by atoms with Gasteiger partial charge in [-0.1, -0.05) is 42.3 Å². The summed E-state index contributed by atoms with van der Waals surface area (Å²) in [7, 11) is 0. The van der Waals surface area contributed by atoms with Gasteiger partial charge >= 0.3 is 0 Å². The molecule has 0 heterocycles. The Bertz CT molecular complexity index is 455. The molecule has 3 heteroatoms. The van der Waals surface area contributed by atoms with E-state index >= 15 is 0 Å². The minimum Gasteiger partial charge on any atom is -0.394 e. The summed E-state index contributed by atoms with van der Waals surface area (Å²) in [6, 6.07) is 7.53. The van der Waals surface area contributed by atoms with Crippen LogP contribution in [0.4, 0.5) is 0 Å². The zero-order chi connectivity index (χ0) is 12.8. The molecule has 0 aromatic heterocycles. The quantitative estimate of drug-likeness (QED) is 0.822. The highest BCUT2D eigenvalue weighted by molar-refractivity contribution is 6.30. The Morgan fingerprint density at radius 3 is 2.78 bits per heavy atom. The SMILES string of the molecule is OCC1(NCC#Cc2cccc(Cl)c2)CCCC1. The Hall–Kier alpha value is -1.01. The lowest BCUT2D eigenvalue weighted by molar-refractivity contribution is 0.169. The summed E-state index contributed by atoms with van der Waals surface area (Å²) >= 11 is 5.89. The summed E-state index contributed by atoms with van der Waals surface area (Å²) in [5, 5.41) is 13.5. The van der Waals surface area contributed by atoms with Crippen LogP contribution in [0.3, 0.4) is 0 Å². The fraction of sp³-hybridized carbons (Fsp3) is 0.467. The lowest BCUT2D eigenvalue weighted by Gasteiger charge is -2.26. The van der Waals surface area contributed by atoms with Crippen LogP contribution >= 0.6 is 11.6 Å². The maximum absolute atomic E-state index is 9.44. The minimum absolute atomic E-state index is 0.0942. The molecular formula is C15H18ClNO. The molecule has 0 aliphatic heterocycles. The maximum atomic E-state index is 9.44. The zero-order valence-electron chi connectivity index (χ0n) is 10.4. The molecule has 0 bridgehead atoms. The molecule has 1 aromatic rings. The van der Waals surface area contributed by atoms with Crippen molar-refractivity contribution in [2.45, 2.75) is 31.2 Å². The molecule has 1 aliphatic rings. The maximum Gasteiger partial charge on any atom is 0.0613 e. The van der Waals surface area contributed by atoms with Gasteiger partial charge in [0, 0.05) is 16.1 Å². The van der Waals surface area contributed by atoms with Crippen molar-refractivity contribution in [3.8, 4) is 11.8 Å². The van der Waals surface area contributed by atoms with E-state index in [0.717, 1.165) is 18.4 Å². The number of rotatable bonds is 3. The van der Waals surface area contributed by atoms with Gasteiger partial charge < -0.3 is 5.11 Å². The number of aliphatic hydroxyl groups excluding tert-OH is 1. The van der Waals surface area contributed by atoms with Crippen LogP contribution in [0, 0.1) is 11.8 Å². The van der Waals surface area contributed by atoms with Gasteiger partial charge in [-0.3, -0.25) is 5.32 Å². The topological polar surface area (TPSA) is 32.3 Å². The molecule has 0 amide bonds. The molecule has 0 radical (unpaired) electrons. The van der Waals surface area contributed by atoms with E-state index in [0.29, 0.717) is 11.6 Å². The fourth-order valence-corrected chi connectivity index (χ4v) is 2.58. The molecule has 0 atom stereocenters. The van der Waals surface area contributed by atoms with Crippen LogP contribution in [0.2, 0.25) is 5.02 Å². The Morgan fingerprint density at radius 2 is 2.11 bits per heavy atom. The molecule has 0 spiro atoms. The first kappa shape index (κ1) is 13.4. The van der Waals surface area contributed by atoms with E-state index in [1.54, 1.807) is 0 Å². The van der Waals surface area contributed by atoms with Gasteiger partial charge in [-0.05, 0) is 31.0 Å². The van der Waals surface area contributed by atoms with Crippen molar-refractivity contribution in [2.24, 2.45) is 0 Å². The van der Waals surface area contributed by atoms with Crippen LogP contribution in [-0.2, 0) is 0 Å². The second-order valence-electron chi connectivity index (χ2n) is 4.81. The summed E-state index contributed by atoms with van der Waals surface area (Å²) in [6.45, 7) is 0.804. The lowest BCUT2D eigenvalue weighted by Crippen LogP contribution is -2.46. The number of nitrogens with one attached hydrogen (secondary N) is 1. The zero-order valence-corrected chi connectivity index (χ0v) is 11.1. The first-order valence-corrected chi connectivity index (χ1v) is 6.72. The predicted octanol–water partition coefficient (Wildman–Crippen LogP) is 2.59. The largest absolute Gasteiger partial charge is 0.394 e. The van der Waals surface area contributed by atoms with Gasteiger partial charge in [0.1, 0.15) is 0 Å². The fourth-order valence-electron chi connectivity index (χ4n) is 2.39. The van der Waals surface area contributed by atoms with Crippen LogP contribution in [0.1, 0.15) is 31.2 Å². The van der Waals surface area contributed by atoms with Gasteiger partial charge in [-0.15, -0.1) is 0 Å². The highest BCUT2D eigenvalue weighted by Gasteiger charge is 2.31. The van der Waals surface area contributed by atoms with Gasteiger partial charge in [0.15, 0.2) is 0 Å². The summed E-state index contributed by atoms with van der Waals surface area (Å²) in [4.78, 5) is 0. The van der Waals surface area contributed by atoms with Crippen LogP contribution in [0.15, 0.2) is 24.3 Å². The molecule has 96 valence electrons. The summed E-state index contributed by atoms with van der Waals surface area (Å²) < 4.78 is 0. The molecule has 18 heavy (non-hydrogen) atoms. The highest BCUT2D eigenvalue weighted by Crippen LogP contribution is 2.28. The number of aliphatic hydroxyl groups is 1. The van der Waals surface area contributed by atoms with Gasteiger partial charge in [-0.25, -0.2) is 0 Å². The van der Waals surface area contributed by atoms with Crippen molar-refractivity contribution >= 4 is 11.6 Å². The number of benzene rings is 1. The van der Waals surface area contributed by atoms with Crippen molar-refractivity contribution < 1.29 is 5.11 Å².